The molecule has 1 fully saturated rings. The number of amides is 1. The minimum atomic E-state index is -0.0383. The Morgan fingerprint density at radius 3 is 2.52 bits per heavy atom. The smallest absolute Gasteiger partial charge is 0.256 e. The molecule has 132 valence electrons. The van der Waals surface area contributed by atoms with E-state index in [4.69, 9.17) is 0 Å². The van der Waals surface area contributed by atoms with Crippen molar-refractivity contribution in [1.29, 1.82) is 0 Å². The van der Waals surface area contributed by atoms with Gasteiger partial charge in [0.2, 0.25) is 0 Å². The first-order valence-corrected chi connectivity index (χ1v) is 8.98. The number of benzene rings is 2. The predicted molar refractivity (Wildman–Crippen MR) is 101 cm³/mol. The lowest BCUT2D eigenvalue weighted by atomic mass is 10.1. The van der Waals surface area contributed by atoms with Crippen molar-refractivity contribution in [3.63, 3.8) is 0 Å². The van der Waals surface area contributed by atoms with Gasteiger partial charge in [-0.25, -0.2) is 0 Å². The molecular formula is C21H26N2O2. The van der Waals surface area contributed by atoms with Crippen LogP contribution in [0.4, 0.5) is 5.69 Å². The van der Waals surface area contributed by atoms with Crippen LogP contribution in [-0.2, 0) is 6.54 Å². The van der Waals surface area contributed by atoms with E-state index >= 15 is 0 Å². The van der Waals surface area contributed by atoms with E-state index in [2.05, 4.69) is 17.0 Å². The van der Waals surface area contributed by atoms with Crippen LogP contribution in [0.5, 0.6) is 0 Å². The standard InChI is InChI=1S/C21H26N2O2/c1-17-9-10-20(22-11-5-6-12-22)19(15-17)21(25)23(13-14-24)16-18-7-3-2-4-8-18/h2-4,7-10,15,24H,5-6,11-14,16H2,1H3. The molecule has 0 radical (unpaired) electrons. The molecule has 2 aromatic rings. The van der Waals surface area contributed by atoms with Gasteiger partial charge in [-0.3, -0.25) is 4.79 Å². The molecule has 4 heteroatoms. The number of rotatable bonds is 6. The van der Waals surface area contributed by atoms with E-state index in [9.17, 15) is 9.90 Å². The van der Waals surface area contributed by atoms with E-state index in [0.717, 1.165) is 35.5 Å². The highest BCUT2D eigenvalue weighted by molar-refractivity contribution is 6.00. The summed E-state index contributed by atoms with van der Waals surface area (Å²) in [4.78, 5) is 17.3. The van der Waals surface area contributed by atoms with Crippen LogP contribution in [0.15, 0.2) is 48.5 Å². The summed E-state index contributed by atoms with van der Waals surface area (Å²) in [5.41, 5.74) is 3.91. The molecule has 0 bridgehead atoms. The van der Waals surface area contributed by atoms with Crippen molar-refractivity contribution in [2.24, 2.45) is 0 Å². The third-order valence-corrected chi connectivity index (χ3v) is 4.70. The van der Waals surface area contributed by atoms with Crippen LogP contribution >= 0.6 is 0 Å². The van der Waals surface area contributed by atoms with Crippen LogP contribution in [0.1, 0.15) is 34.3 Å². The number of aryl methyl sites for hydroxylation is 1. The van der Waals surface area contributed by atoms with E-state index in [-0.39, 0.29) is 12.5 Å². The Hall–Kier alpha value is -2.33. The highest BCUT2D eigenvalue weighted by Crippen LogP contribution is 2.27. The van der Waals surface area contributed by atoms with Crippen molar-refractivity contribution >= 4 is 11.6 Å². The first kappa shape index (κ1) is 17.5. The number of carbonyl (C=O) groups excluding carboxylic acids is 1. The summed E-state index contributed by atoms with van der Waals surface area (Å²) in [6.07, 6.45) is 2.34. The maximum absolute atomic E-state index is 13.3. The van der Waals surface area contributed by atoms with Crippen LogP contribution in [0.25, 0.3) is 0 Å². The van der Waals surface area contributed by atoms with Crippen molar-refractivity contribution in [3.05, 3.63) is 65.2 Å². The molecule has 1 N–H and O–H groups in total. The van der Waals surface area contributed by atoms with Crippen molar-refractivity contribution in [3.8, 4) is 0 Å². The van der Waals surface area contributed by atoms with Gasteiger partial charge in [-0.05, 0) is 37.5 Å². The number of hydrogen-bond donors (Lipinski definition) is 1. The Kier molecular flexibility index (Phi) is 5.71. The third-order valence-electron chi connectivity index (χ3n) is 4.70. The summed E-state index contributed by atoms with van der Waals surface area (Å²) < 4.78 is 0. The largest absolute Gasteiger partial charge is 0.395 e. The first-order valence-electron chi connectivity index (χ1n) is 8.98. The third kappa shape index (κ3) is 4.20. The molecule has 0 unspecified atom stereocenters. The van der Waals surface area contributed by atoms with Gasteiger partial charge in [-0.2, -0.15) is 0 Å². The maximum atomic E-state index is 13.3. The van der Waals surface area contributed by atoms with Gasteiger partial charge < -0.3 is 14.9 Å². The summed E-state index contributed by atoms with van der Waals surface area (Å²) in [6.45, 7) is 4.82. The zero-order valence-electron chi connectivity index (χ0n) is 14.8. The molecular weight excluding hydrogens is 312 g/mol. The van der Waals surface area contributed by atoms with Crippen molar-refractivity contribution in [1.82, 2.24) is 4.90 Å². The highest BCUT2D eigenvalue weighted by atomic mass is 16.3. The number of anilines is 1. The highest BCUT2D eigenvalue weighted by Gasteiger charge is 2.23. The van der Waals surface area contributed by atoms with E-state index in [1.165, 1.54) is 12.8 Å². The zero-order chi connectivity index (χ0) is 17.6. The van der Waals surface area contributed by atoms with Gasteiger partial charge >= 0.3 is 0 Å². The zero-order valence-corrected chi connectivity index (χ0v) is 14.8. The van der Waals surface area contributed by atoms with Crippen LogP contribution in [0.3, 0.4) is 0 Å². The quantitative estimate of drug-likeness (QED) is 0.879. The van der Waals surface area contributed by atoms with Gasteiger partial charge in [0.1, 0.15) is 0 Å². The fraction of sp³-hybridized carbons (Fsp3) is 0.381. The van der Waals surface area contributed by atoms with E-state index in [1.807, 2.05) is 43.3 Å². The Bertz CT molecular complexity index is 709. The Labute approximate surface area is 149 Å². The number of carbonyl (C=O) groups is 1. The second kappa shape index (κ2) is 8.17. The second-order valence-electron chi connectivity index (χ2n) is 6.65. The average Bonchev–Trinajstić information content (AvgIpc) is 3.16. The SMILES string of the molecule is Cc1ccc(N2CCCC2)c(C(=O)N(CCO)Cc2ccccc2)c1. The first-order chi connectivity index (χ1) is 12.2. The fourth-order valence-corrected chi connectivity index (χ4v) is 3.40. The lowest BCUT2D eigenvalue weighted by molar-refractivity contribution is 0.0708. The molecule has 25 heavy (non-hydrogen) atoms. The van der Waals surface area contributed by atoms with Gasteiger partial charge in [0, 0.05) is 31.9 Å². The van der Waals surface area contributed by atoms with Gasteiger partial charge in [0.15, 0.2) is 0 Å². The van der Waals surface area contributed by atoms with Crippen molar-refractivity contribution in [2.75, 3.05) is 31.1 Å². The van der Waals surface area contributed by atoms with Gasteiger partial charge in [-0.15, -0.1) is 0 Å². The summed E-state index contributed by atoms with van der Waals surface area (Å²) >= 11 is 0. The Morgan fingerprint density at radius 2 is 1.84 bits per heavy atom. The molecule has 0 aliphatic carbocycles. The van der Waals surface area contributed by atoms with E-state index < -0.39 is 0 Å². The molecule has 1 aliphatic heterocycles. The monoisotopic (exact) mass is 338 g/mol. The molecule has 0 spiro atoms. The number of aliphatic hydroxyl groups is 1. The molecule has 0 saturated carbocycles. The predicted octanol–water partition coefficient (Wildman–Crippen LogP) is 3.23. The van der Waals surface area contributed by atoms with Crippen LogP contribution in [-0.4, -0.2) is 42.2 Å². The molecule has 0 aromatic heterocycles. The van der Waals surface area contributed by atoms with E-state index in [0.29, 0.717) is 13.1 Å². The lowest BCUT2D eigenvalue weighted by Crippen LogP contribution is -2.34. The lowest BCUT2D eigenvalue weighted by Gasteiger charge is -2.26. The average molecular weight is 338 g/mol. The summed E-state index contributed by atoms with van der Waals surface area (Å²) in [5, 5.41) is 9.44. The topological polar surface area (TPSA) is 43.8 Å². The van der Waals surface area contributed by atoms with Crippen molar-refractivity contribution < 1.29 is 9.90 Å². The molecule has 1 amide bonds. The van der Waals surface area contributed by atoms with Gasteiger partial charge in [0.25, 0.3) is 5.91 Å². The Morgan fingerprint density at radius 1 is 1.12 bits per heavy atom. The molecule has 1 heterocycles. The summed E-state index contributed by atoms with van der Waals surface area (Å²) in [5.74, 6) is -0.0106. The molecule has 0 atom stereocenters. The summed E-state index contributed by atoms with van der Waals surface area (Å²) in [7, 11) is 0. The minimum absolute atomic E-state index is 0.0106. The fourth-order valence-electron chi connectivity index (χ4n) is 3.40. The Balaban J connectivity index is 1.89. The van der Waals surface area contributed by atoms with E-state index in [1.54, 1.807) is 4.90 Å². The van der Waals surface area contributed by atoms with Gasteiger partial charge in [0.05, 0.1) is 12.2 Å². The number of nitrogens with zero attached hydrogens (tertiary/aromatic N) is 2. The van der Waals surface area contributed by atoms with Crippen molar-refractivity contribution in [2.45, 2.75) is 26.3 Å². The number of hydrogen-bond acceptors (Lipinski definition) is 3. The molecule has 3 rings (SSSR count). The van der Waals surface area contributed by atoms with Crippen LogP contribution < -0.4 is 4.90 Å². The molecule has 4 nitrogen and oxygen atoms in total. The van der Waals surface area contributed by atoms with Crippen LogP contribution in [0, 0.1) is 6.92 Å². The second-order valence-corrected chi connectivity index (χ2v) is 6.65. The summed E-state index contributed by atoms with van der Waals surface area (Å²) in [6, 6.07) is 16.0. The normalized spacial score (nSPS) is 13.9. The number of aliphatic hydroxyl groups excluding tert-OH is 1. The molecule has 1 aliphatic rings. The maximum Gasteiger partial charge on any atom is 0.256 e. The molecule has 2 aromatic carbocycles. The minimum Gasteiger partial charge on any atom is -0.395 e. The molecule has 1 saturated heterocycles. The van der Waals surface area contributed by atoms with Crippen LogP contribution in [0.2, 0.25) is 0 Å². The van der Waals surface area contributed by atoms with Gasteiger partial charge in [-0.1, -0.05) is 42.0 Å².